The molecule has 0 aliphatic rings. The van der Waals surface area contributed by atoms with Crippen LogP contribution in [-0.4, -0.2) is 32.6 Å². The number of halogens is 3. The van der Waals surface area contributed by atoms with E-state index in [2.05, 4.69) is 10.1 Å². The summed E-state index contributed by atoms with van der Waals surface area (Å²) in [5.41, 5.74) is 1.15. The van der Waals surface area contributed by atoms with Crippen LogP contribution in [0, 0.1) is 0 Å². The highest BCUT2D eigenvalue weighted by Gasteiger charge is 2.30. The van der Waals surface area contributed by atoms with Gasteiger partial charge in [-0.1, -0.05) is 12.1 Å². The van der Waals surface area contributed by atoms with E-state index in [9.17, 15) is 18.0 Å². The zero-order chi connectivity index (χ0) is 19.6. The van der Waals surface area contributed by atoms with E-state index in [0.717, 1.165) is 23.4 Å². The van der Waals surface area contributed by atoms with Crippen molar-refractivity contribution in [2.45, 2.75) is 19.1 Å². The fourth-order valence-corrected chi connectivity index (χ4v) is 2.65. The lowest BCUT2D eigenvalue weighted by Gasteiger charge is -2.25. The van der Waals surface area contributed by atoms with Gasteiger partial charge < -0.3 is 4.90 Å². The van der Waals surface area contributed by atoms with Crippen LogP contribution in [0.2, 0.25) is 0 Å². The van der Waals surface area contributed by atoms with Gasteiger partial charge in [-0.25, -0.2) is 9.67 Å². The third kappa shape index (κ3) is 3.99. The Balaban J connectivity index is 1.74. The predicted octanol–water partition coefficient (Wildman–Crippen LogP) is 4.12. The molecule has 0 radical (unpaired) electrons. The Morgan fingerprint density at radius 3 is 2.22 bits per heavy atom. The van der Waals surface area contributed by atoms with Gasteiger partial charge in [0, 0.05) is 12.6 Å². The molecule has 0 saturated carbocycles. The molecule has 0 N–H and O–H groups in total. The van der Waals surface area contributed by atoms with E-state index in [1.807, 2.05) is 31.2 Å². The van der Waals surface area contributed by atoms with E-state index in [4.69, 9.17) is 0 Å². The van der Waals surface area contributed by atoms with Crippen LogP contribution < -0.4 is 0 Å². The summed E-state index contributed by atoms with van der Waals surface area (Å²) in [6.07, 6.45) is -1.40. The maximum atomic E-state index is 12.7. The van der Waals surface area contributed by atoms with E-state index in [-0.39, 0.29) is 17.5 Å². The first-order valence-corrected chi connectivity index (χ1v) is 8.17. The van der Waals surface area contributed by atoms with E-state index < -0.39 is 11.7 Å². The van der Waals surface area contributed by atoms with Gasteiger partial charge in [0.25, 0.3) is 5.91 Å². The summed E-state index contributed by atoms with van der Waals surface area (Å²) < 4.78 is 39.6. The number of rotatable bonds is 4. The molecule has 3 aromatic rings. The van der Waals surface area contributed by atoms with Crippen molar-refractivity contribution in [1.82, 2.24) is 19.7 Å². The third-order valence-electron chi connectivity index (χ3n) is 4.42. The number of aromatic nitrogens is 3. The molecule has 140 valence electrons. The van der Waals surface area contributed by atoms with Crippen LogP contribution in [0.25, 0.3) is 5.69 Å². The minimum atomic E-state index is -4.42. The highest BCUT2D eigenvalue weighted by molar-refractivity contribution is 5.94. The molecule has 0 bridgehead atoms. The average molecular weight is 374 g/mol. The summed E-state index contributed by atoms with van der Waals surface area (Å²) in [6.45, 7) is 1.85. The fraction of sp³-hybridized carbons (Fsp3) is 0.211. The van der Waals surface area contributed by atoms with Crippen LogP contribution in [0.4, 0.5) is 13.2 Å². The second-order valence-corrected chi connectivity index (χ2v) is 6.10. The number of amides is 1. The molecule has 0 aliphatic heterocycles. The molecule has 1 heterocycles. The van der Waals surface area contributed by atoms with E-state index in [1.54, 1.807) is 18.1 Å². The molecule has 2 aromatic carbocycles. The SMILES string of the molecule is C[C@H](c1ccc(-n2cncn2)cc1)N(C)C(=O)c1ccc(C(F)(F)F)cc1. The van der Waals surface area contributed by atoms with Crippen LogP contribution in [-0.2, 0) is 6.18 Å². The lowest BCUT2D eigenvalue weighted by atomic mass is 10.0. The van der Waals surface area contributed by atoms with Gasteiger partial charge in [-0.15, -0.1) is 0 Å². The van der Waals surface area contributed by atoms with E-state index in [0.29, 0.717) is 0 Å². The van der Waals surface area contributed by atoms with Gasteiger partial charge in [0.2, 0.25) is 0 Å². The maximum absolute atomic E-state index is 12.7. The van der Waals surface area contributed by atoms with Gasteiger partial charge in [-0.2, -0.15) is 18.3 Å². The summed E-state index contributed by atoms with van der Waals surface area (Å²) in [6, 6.07) is 11.4. The highest BCUT2D eigenvalue weighted by Crippen LogP contribution is 2.29. The Morgan fingerprint density at radius 1 is 1.07 bits per heavy atom. The van der Waals surface area contributed by atoms with Crippen molar-refractivity contribution in [3.8, 4) is 5.69 Å². The third-order valence-corrected chi connectivity index (χ3v) is 4.42. The second-order valence-electron chi connectivity index (χ2n) is 6.10. The van der Waals surface area contributed by atoms with Crippen molar-refractivity contribution in [2.75, 3.05) is 7.05 Å². The van der Waals surface area contributed by atoms with Crippen molar-refractivity contribution >= 4 is 5.91 Å². The van der Waals surface area contributed by atoms with E-state index >= 15 is 0 Å². The van der Waals surface area contributed by atoms with E-state index in [1.165, 1.54) is 23.4 Å². The van der Waals surface area contributed by atoms with Gasteiger partial charge >= 0.3 is 6.18 Å². The zero-order valence-electron chi connectivity index (χ0n) is 14.7. The molecule has 0 saturated heterocycles. The molecule has 0 fully saturated rings. The molecule has 8 heteroatoms. The van der Waals surface area contributed by atoms with Crippen LogP contribution >= 0.6 is 0 Å². The van der Waals surface area contributed by atoms with Crippen molar-refractivity contribution in [2.24, 2.45) is 0 Å². The quantitative estimate of drug-likeness (QED) is 0.690. The first-order valence-electron chi connectivity index (χ1n) is 8.17. The predicted molar refractivity (Wildman–Crippen MR) is 93.3 cm³/mol. The topological polar surface area (TPSA) is 51.0 Å². The number of nitrogens with zero attached hydrogens (tertiary/aromatic N) is 4. The molecule has 0 spiro atoms. The monoisotopic (exact) mass is 374 g/mol. The van der Waals surface area contributed by atoms with Crippen molar-refractivity contribution in [1.29, 1.82) is 0 Å². The van der Waals surface area contributed by atoms with Crippen molar-refractivity contribution < 1.29 is 18.0 Å². The molecular formula is C19H17F3N4O. The van der Waals surface area contributed by atoms with Gasteiger partial charge in [-0.3, -0.25) is 4.79 Å². The number of hydrogen-bond acceptors (Lipinski definition) is 3. The fourth-order valence-electron chi connectivity index (χ4n) is 2.65. The molecule has 0 unspecified atom stereocenters. The van der Waals surface area contributed by atoms with Crippen LogP contribution in [0.1, 0.15) is 34.5 Å². The Kier molecular flexibility index (Phi) is 4.98. The number of alkyl halides is 3. The first-order chi connectivity index (χ1) is 12.8. The molecule has 3 rings (SSSR count). The summed E-state index contributed by atoms with van der Waals surface area (Å²) in [4.78, 5) is 18.0. The smallest absolute Gasteiger partial charge is 0.335 e. The number of hydrogen-bond donors (Lipinski definition) is 0. The Bertz CT molecular complexity index is 904. The van der Waals surface area contributed by atoms with Crippen LogP contribution in [0.3, 0.4) is 0 Å². The van der Waals surface area contributed by atoms with Gasteiger partial charge in [-0.05, 0) is 48.9 Å². The minimum absolute atomic E-state index is 0.205. The summed E-state index contributed by atoms with van der Waals surface area (Å²) >= 11 is 0. The Labute approximate surface area is 154 Å². The number of carbonyl (C=O) groups excluding carboxylic acids is 1. The Hall–Kier alpha value is -3.16. The van der Waals surface area contributed by atoms with Gasteiger partial charge in [0.05, 0.1) is 17.3 Å². The number of benzene rings is 2. The molecule has 1 atom stereocenters. The summed E-state index contributed by atoms with van der Waals surface area (Å²) in [7, 11) is 1.62. The largest absolute Gasteiger partial charge is 0.416 e. The number of carbonyl (C=O) groups is 1. The molecule has 5 nitrogen and oxygen atoms in total. The molecule has 27 heavy (non-hydrogen) atoms. The highest BCUT2D eigenvalue weighted by atomic mass is 19.4. The molecular weight excluding hydrogens is 357 g/mol. The molecule has 1 amide bonds. The maximum Gasteiger partial charge on any atom is 0.416 e. The Morgan fingerprint density at radius 2 is 1.70 bits per heavy atom. The molecule has 0 aliphatic carbocycles. The standard InChI is InChI=1S/C19H17F3N4O/c1-13(14-5-9-17(10-6-14)26-12-23-11-24-26)25(2)18(27)15-3-7-16(8-4-15)19(20,21)22/h3-13H,1-2H3/t13-/m1/s1. The van der Waals surface area contributed by atoms with Crippen molar-refractivity contribution in [3.05, 3.63) is 77.9 Å². The van der Waals surface area contributed by atoms with Crippen molar-refractivity contribution in [3.63, 3.8) is 0 Å². The lowest BCUT2D eigenvalue weighted by Crippen LogP contribution is -2.29. The summed E-state index contributed by atoms with van der Waals surface area (Å²) in [5.74, 6) is -0.350. The normalized spacial score (nSPS) is 12.6. The lowest BCUT2D eigenvalue weighted by molar-refractivity contribution is -0.137. The van der Waals surface area contributed by atoms with Crippen LogP contribution in [0.15, 0.2) is 61.2 Å². The zero-order valence-corrected chi connectivity index (χ0v) is 14.7. The van der Waals surface area contributed by atoms with Gasteiger partial charge in [0.15, 0.2) is 0 Å². The average Bonchev–Trinajstić information content (AvgIpc) is 3.20. The summed E-state index contributed by atoms with van der Waals surface area (Å²) in [5, 5.41) is 4.05. The second kappa shape index (κ2) is 7.22. The molecule has 1 aromatic heterocycles. The minimum Gasteiger partial charge on any atom is -0.335 e. The van der Waals surface area contributed by atoms with Crippen LogP contribution in [0.5, 0.6) is 0 Å². The van der Waals surface area contributed by atoms with Gasteiger partial charge in [0.1, 0.15) is 12.7 Å². The first kappa shape index (κ1) is 18.6.